The fourth-order valence-electron chi connectivity index (χ4n) is 1.00. The number of hydrogen-bond acceptors (Lipinski definition) is 4. The molecule has 0 fully saturated rings. The van der Waals surface area contributed by atoms with Crippen LogP contribution in [0.15, 0.2) is 5.38 Å². The zero-order chi connectivity index (χ0) is 10.4. The predicted octanol–water partition coefficient (Wildman–Crippen LogP) is 1.27. The molecule has 2 N–H and O–H groups in total. The van der Waals surface area contributed by atoms with Gasteiger partial charge in [-0.05, 0) is 6.42 Å². The van der Waals surface area contributed by atoms with E-state index in [9.17, 15) is 4.79 Å². The third-order valence-electron chi connectivity index (χ3n) is 1.72. The molecule has 0 amide bonds. The summed E-state index contributed by atoms with van der Waals surface area (Å²) in [5, 5.41) is 14.6. The van der Waals surface area contributed by atoms with Gasteiger partial charge in [-0.2, -0.15) is 0 Å². The maximum atomic E-state index is 10.2. The maximum Gasteiger partial charge on any atom is 0.304 e. The Morgan fingerprint density at radius 3 is 3.07 bits per heavy atom. The Labute approximate surface area is 87.0 Å². The van der Waals surface area contributed by atoms with Crippen LogP contribution >= 0.6 is 11.3 Å². The van der Waals surface area contributed by atoms with E-state index in [2.05, 4.69) is 17.2 Å². The summed E-state index contributed by atoms with van der Waals surface area (Å²) >= 11 is 1.65. The first-order valence-electron chi connectivity index (χ1n) is 4.58. The van der Waals surface area contributed by atoms with Crippen molar-refractivity contribution in [3.05, 3.63) is 16.1 Å². The monoisotopic (exact) mass is 214 g/mol. The molecule has 1 heterocycles. The summed E-state index contributed by atoms with van der Waals surface area (Å²) < 4.78 is 0. The molecular weight excluding hydrogens is 200 g/mol. The molecule has 0 saturated heterocycles. The van der Waals surface area contributed by atoms with Crippen LogP contribution in [0.1, 0.15) is 24.0 Å². The SMILES string of the molecule is CCc1nc(CNCCC(=O)O)cs1. The Morgan fingerprint density at radius 1 is 1.71 bits per heavy atom. The summed E-state index contributed by atoms with van der Waals surface area (Å²) in [7, 11) is 0. The number of nitrogens with one attached hydrogen (secondary N) is 1. The Balaban J connectivity index is 2.21. The van der Waals surface area contributed by atoms with E-state index in [0.29, 0.717) is 13.1 Å². The molecule has 1 rings (SSSR count). The van der Waals surface area contributed by atoms with Gasteiger partial charge in [0.1, 0.15) is 0 Å². The molecule has 0 aliphatic heterocycles. The van der Waals surface area contributed by atoms with Crippen molar-refractivity contribution >= 4 is 17.3 Å². The molecule has 0 unspecified atom stereocenters. The molecule has 4 nitrogen and oxygen atoms in total. The van der Waals surface area contributed by atoms with E-state index in [1.807, 2.05) is 5.38 Å². The fourth-order valence-corrected chi connectivity index (χ4v) is 1.75. The van der Waals surface area contributed by atoms with Gasteiger partial charge in [-0.1, -0.05) is 6.92 Å². The van der Waals surface area contributed by atoms with Gasteiger partial charge in [0.2, 0.25) is 0 Å². The molecule has 78 valence electrons. The molecule has 0 aliphatic carbocycles. The lowest BCUT2D eigenvalue weighted by Crippen LogP contribution is -2.17. The first-order chi connectivity index (χ1) is 6.72. The van der Waals surface area contributed by atoms with Crippen molar-refractivity contribution in [1.29, 1.82) is 0 Å². The predicted molar refractivity (Wildman–Crippen MR) is 55.5 cm³/mol. The molecule has 0 saturated carbocycles. The largest absolute Gasteiger partial charge is 0.481 e. The second-order valence-corrected chi connectivity index (χ2v) is 3.85. The van der Waals surface area contributed by atoms with Crippen molar-refractivity contribution in [2.45, 2.75) is 26.3 Å². The number of carboxylic acids is 1. The molecule has 0 radical (unpaired) electrons. The molecule has 14 heavy (non-hydrogen) atoms. The first kappa shape index (κ1) is 11.1. The van der Waals surface area contributed by atoms with Gasteiger partial charge in [0.05, 0.1) is 17.1 Å². The van der Waals surface area contributed by atoms with Crippen LogP contribution in [0.2, 0.25) is 0 Å². The van der Waals surface area contributed by atoms with Crippen molar-refractivity contribution in [3.8, 4) is 0 Å². The zero-order valence-electron chi connectivity index (χ0n) is 8.12. The fraction of sp³-hybridized carbons (Fsp3) is 0.556. The van der Waals surface area contributed by atoms with Gasteiger partial charge in [-0.3, -0.25) is 4.79 Å². The van der Waals surface area contributed by atoms with E-state index in [0.717, 1.165) is 17.1 Å². The smallest absolute Gasteiger partial charge is 0.304 e. The maximum absolute atomic E-state index is 10.2. The highest BCUT2D eigenvalue weighted by atomic mass is 32.1. The van der Waals surface area contributed by atoms with E-state index < -0.39 is 5.97 Å². The van der Waals surface area contributed by atoms with E-state index in [1.165, 1.54) is 0 Å². The lowest BCUT2D eigenvalue weighted by atomic mass is 10.4. The summed E-state index contributed by atoms with van der Waals surface area (Å²) in [6.07, 6.45) is 1.12. The van der Waals surface area contributed by atoms with Crippen molar-refractivity contribution in [2.75, 3.05) is 6.54 Å². The average Bonchev–Trinajstić information content (AvgIpc) is 2.60. The van der Waals surface area contributed by atoms with Crippen LogP contribution in [0.5, 0.6) is 0 Å². The molecule has 5 heteroatoms. The number of carboxylic acid groups (broad SMARTS) is 1. The van der Waals surface area contributed by atoms with Crippen LogP contribution < -0.4 is 5.32 Å². The van der Waals surface area contributed by atoms with Crippen LogP contribution in [-0.2, 0) is 17.8 Å². The number of hydrogen-bond donors (Lipinski definition) is 2. The number of aliphatic carboxylic acids is 1. The van der Waals surface area contributed by atoms with Gasteiger partial charge >= 0.3 is 5.97 Å². The Morgan fingerprint density at radius 2 is 2.50 bits per heavy atom. The average molecular weight is 214 g/mol. The molecular formula is C9H14N2O2S. The first-order valence-corrected chi connectivity index (χ1v) is 5.46. The standard InChI is InChI=1S/C9H14N2O2S/c1-2-8-11-7(6-14-8)5-10-4-3-9(12)13/h6,10H,2-5H2,1H3,(H,12,13). The third-order valence-corrected chi connectivity index (χ3v) is 2.77. The Hall–Kier alpha value is -0.940. The lowest BCUT2D eigenvalue weighted by molar-refractivity contribution is -0.136. The minimum Gasteiger partial charge on any atom is -0.481 e. The highest BCUT2D eigenvalue weighted by molar-refractivity contribution is 7.09. The van der Waals surface area contributed by atoms with Crippen molar-refractivity contribution in [1.82, 2.24) is 10.3 Å². The van der Waals surface area contributed by atoms with Crippen molar-refractivity contribution in [3.63, 3.8) is 0 Å². The molecule has 1 aromatic heterocycles. The van der Waals surface area contributed by atoms with E-state index >= 15 is 0 Å². The van der Waals surface area contributed by atoms with Gasteiger partial charge in [0.15, 0.2) is 0 Å². The normalized spacial score (nSPS) is 10.4. The second kappa shape index (κ2) is 5.72. The van der Waals surface area contributed by atoms with Gasteiger partial charge < -0.3 is 10.4 Å². The summed E-state index contributed by atoms with van der Waals surface area (Å²) in [5.41, 5.74) is 0.997. The van der Waals surface area contributed by atoms with E-state index in [-0.39, 0.29) is 6.42 Å². The third kappa shape index (κ3) is 3.85. The molecule has 0 bridgehead atoms. The topological polar surface area (TPSA) is 62.2 Å². The van der Waals surface area contributed by atoms with Gasteiger partial charge in [0.25, 0.3) is 0 Å². The number of rotatable bonds is 6. The molecule has 0 aromatic carbocycles. The van der Waals surface area contributed by atoms with Crippen LogP contribution in [0.4, 0.5) is 0 Å². The van der Waals surface area contributed by atoms with Crippen molar-refractivity contribution < 1.29 is 9.90 Å². The van der Waals surface area contributed by atoms with Gasteiger partial charge in [0, 0.05) is 18.5 Å². The number of nitrogens with zero attached hydrogens (tertiary/aromatic N) is 1. The number of carbonyl (C=O) groups is 1. The summed E-state index contributed by atoms with van der Waals surface area (Å²) in [6.45, 7) is 3.22. The zero-order valence-corrected chi connectivity index (χ0v) is 8.93. The van der Waals surface area contributed by atoms with Gasteiger partial charge in [-0.25, -0.2) is 4.98 Å². The second-order valence-electron chi connectivity index (χ2n) is 2.91. The lowest BCUT2D eigenvalue weighted by Gasteiger charge is -1.98. The Bertz CT molecular complexity index is 299. The quantitative estimate of drug-likeness (QED) is 0.700. The van der Waals surface area contributed by atoms with Crippen LogP contribution in [0.25, 0.3) is 0 Å². The molecule has 1 aromatic rings. The highest BCUT2D eigenvalue weighted by Gasteiger charge is 2.00. The molecule has 0 aliphatic rings. The molecule has 0 spiro atoms. The van der Waals surface area contributed by atoms with E-state index in [4.69, 9.17) is 5.11 Å². The highest BCUT2D eigenvalue weighted by Crippen LogP contribution is 2.09. The molecule has 0 atom stereocenters. The van der Waals surface area contributed by atoms with E-state index in [1.54, 1.807) is 11.3 Å². The van der Waals surface area contributed by atoms with Crippen LogP contribution in [-0.4, -0.2) is 22.6 Å². The number of aromatic nitrogens is 1. The van der Waals surface area contributed by atoms with Gasteiger partial charge in [-0.15, -0.1) is 11.3 Å². The minimum atomic E-state index is -0.773. The number of aryl methyl sites for hydroxylation is 1. The van der Waals surface area contributed by atoms with Crippen molar-refractivity contribution in [2.24, 2.45) is 0 Å². The summed E-state index contributed by atoms with van der Waals surface area (Å²) in [5.74, 6) is -0.773. The Kier molecular flexibility index (Phi) is 4.55. The summed E-state index contributed by atoms with van der Waals surface area (Å²) in [4.78, 5) is 14.6. The number of thiazole rings is 1. The van der Waals surface area contributed by atoms with Crippen LogP contribution in [0, 0.1) is 0 Å². The summed E-state index contributed by atoms with van der Waals surface area (Å²) in [6, 6.07) is 0. The minimum absolute atomic E-state index is 0.158. The van der Waals surface area contributed by atoms with Crippen LogP contribution in [0.3, 0.4) is 0 Å².